The highest BCUT2D eigenvalue weighted by Crippen LogP contribution is 2.33. The van der Waals surface area contributed by atoms with Gasteiger partial charge in [0, 0.05) is 5.56 Å². The second kappa shape index (κ2) is 15.6. The maximum Gasteiger partial charge on any atom is 0.0327 e. The Morgan fingerprint density at radius 3 is 1.23 bits per heavy atom. The van der Waals surface area contributed by atoms with Crippen molar-refractivity contribution in [3.63, 3.8) is 0 Å². The van der Waals surface area contributed by atoms with E-state index in [4.69, 9.17) is 6.42 Å². The molecule has 238 valence electrons. The van der Waals surface area contributed by atoms with Crippen LogP contribution in [0.1, 0.15) is 68.7 Å². The fourth-order valence-corrected chi connectivity index (χ4v) is 6.62. The standard InChI is InChI=1S/C48H46/c1-5-9-11-35-13-17-43(18-14-35)47-31-29-45(33-37(47)7-3)41-25-21-39(22-26-41)40-23-27-42(28-24-40)46-30-32-48(38(8-4)34-46)44-19-15-36(16-20-44)12-10-6-2/h3,13-34H,5-6,8-12H2,1-2,4H3. The first-order valence-electron chi connectivity index (χ1n) is 17.7. The van der Waals surface area contributed by atoms with Crippen LogP contribution in [0.25, 0.3) is 55.6 Å². The molecular formula is C48H46. The summed E-state index contributed by atoms with van der Waals surface area (Å²) in [6.07, 6.45) is 14.2. The van der Waals surface area contributed by atoms with E-state index in [1.54, 1.807) is 0 Å². The first-order valence-corrected chi connectivity index (χ1v) is 17.7. The van der Waals surface area contributed by atoms with Gasteiger partial charge in [0.1, 0.15) is 0 Å². The van der Waals surface area contributed by atoms with Gasteiger partial charge in [-0.1, -0.05) is 167 Å². The van der Waals surface area contributed by atoms with Gasteiger partial charge >= 0.3 is 0 Å². The van der Waals surface area contributed by atoms with Gasteiger partial charge in [-0.05, 0) is 110 Å². The second-order valence-corrected chi connectivity index (χ2v) is 12.9. The number of aryl methyl sites for hydroxylation is 3. The second-order valence-electron chi connectivity index (χ2n) is 12.9. The van der Waals surface area contributed by atoms with E-state index in [0.717, 1.165) is 41.5 Å². The van der Waals surface area contributed by atoms with Crippen molar-refractivity contribution in [2.24, 2.45) is 0 Å². The summed E-state index contributed by atoms with van der Waals surface area (Å²) in [5.74, 6) is 2.94. The molecule has 6 rings (SSSR count). The molecule has 0 atom stereocenters. The smallest absolute Gasteiger partial charge is 0.0327 e. The zero-order chi connectivity index (χ0) is 33.3. The lowest BCUT2D eigenvalue weighted by Gasteiger charge is -2.13. The predicted molar refractivity (Wildman–Crippen MR) is 208 cm³/mol. The Morgan fingerprint density at radius 2 is 0.792 bits per heavy atom. The minimum Gasteiger partial charge on any atom is -0.115 e. The fraction of sp³-hybridized carbons (Fsp3) is 0.208. The van der Waals surface area contributed by atoms with Gasteiger partial charge < -0.3 is 0 Å². The molecule has 0 aliphatic heterocycles. The van der Waals surface area contributed by atoms with E-state index in [-0.39, 0.29) is 0 Å². The molecule has 0 fully saturated rings. The van der Waals surface area contributed by atoms with Crippen LogP contribution in [0, 0.1) is 12.3 Å². The van der Waals surface area contributed by atoms with Crippen molar-refractivity contribution in [1.82, 2.24) is 0 Å². The Balaban J connectivity index is 1.16. The molecule has 0 saturated carbocycles. The van der Waals surface area contributed by atoms with E-state index >= 15 is 0 Å². The number of terminal acetylenes is 1. The van der Waals surface area contributed by atoms with Crippen molar-refractivity contribution in [2.45, 2.75) is 65.7 Å². The number of hydrogen-bond donors (Lipinski definition) is 0. The quantitative estimate of drug-likeness (QED) is 0.119. The topological polar surface area (TPSA) is 0 Å². The summed E-state index contributed by atoms with van der Waals surface area (Å²) in [6, 6.07) is 49.2. The lowest BCUT2D eigenvalue weighted by molar-refractivity contribution is 0.795. The van der Waals surface area contributed by atoms with Crippen molar-refractivity contribution in [3.8, 4) is 68.0 Å². The number of unbranched alkanes of at least 4 members (excludes halogenated alkanes) is 2. The van der Waals surface area contributed by atoms with Gasteiger partial charge in [-0.3, -0.25) is 0 Å². The third kappa shape index (κ3) is 7.54. The van der Waals surface area contributed by atoms with E-state index in [1.807, 2.05) is 0 Å². The summed E-state index contributed by atoms with van der Waals surface area (Å²) < 4.78 is 0. The molecule has 0 heterocycles. The van der Waals surface area contributed by atoms with Crippen LogP contribution in [0.4, 0.5) is 0 Å². The summed E-state index contributed by atoms with van der Waals surface area (Å²) >= 11 is 0. The van der Waals surface area contributed by atoms with Gasteiger partial charge in [0.2, 0.25) is 0 Å². The Hall–Kier alpha value is -5.12. The van der Waals surface area contributed by atoms with Gasteiger partial charge in [0.25, 0.3) is 0 Å². The average Bonchev–Trinajstić information content (AvgIpc) is 3.16. The van der Waals surface area contributed by atoms with Crippen LogP contribution in [-0.4, -0.2) is 0 Å². The molecule has 0 unspecified atom stereocenters. The first kappa shape index (κ1) is 32.8. The van der Waals surface area contributed by atoms with Gasteiger partial charge in [-0.25, -0.2) is 0 Å². The molecule has 0 nitrogen and oxygen atoms in total. The van der Waals surface area contributed by atoms with E-state index in [0.29, 0.717) is 0 Å². The summed E-state index contributed by atoms with van der Waals surface area (Å²) in [4.78, 5) is 0. The molecule has 0 spiro atoms. The largest absolute Gasteiger partial charge is 0.115 e. The van der Waals surface area contributed by atoms with Crippen LogP contribution in [0.5, 0.6) is 0 Å². The van der Waals surface area contributed by atoms with Gasteiger partial charge in [0.15, 0.2) is 0 Å². The fourth-order valence-electron chi connectivity index (χ4n) is 6.62. The third-order valence-electron chi connectivity index (χ3n) is 9.60. The molecule has 6 aromatic carbocycles. The predicted octanol–water partition coefficient (Wildman–Crippen LogP) is 13.3. The van der Waals surface area contributed by atoms with E-state index < -0.39 is 0 Å². The molecular weight excluding hydrogens is 577 g/mol. The zero-order valence-electron chi connectivity index (χ0n) is 28.7. The van der Waals surface area contributed by atoms with Crippen LogP contribution < -0.4 is 0 Å². The molecule has 0 aliphatic rings. The van der Waals surface area contributed by atoms with Crippen molar-refractivity contribution in [3.05, 3.63) is 156 Å². The highest BCUT2D eigenvalue weighted by molar-refractivity contribution is 5.79. The third-order valence-corrected chi connectivity index (χ3v) is 9.60. The molecule has 0 heteroatoms. The average molecular weight is 623 g/mol. The van der Waals surface area contributed by atoms with Crippen LogP contribution in [0.15, 0.2) is 133 Å². The number of benzene rings is 6. The molecule has 48 heavy (non-hydrogen) atoms. The minimum atomic E-state index is 0.924. The Kier molecular flexibility index (Phi) is 10.7. The van der Waals surface area contributed by atoms with Crippen LogP contribution >= 0.6 is 0 Å². The van der Waals surface area contributed by atoms with Gasteiger partial charge in [-0.15, -0.1) is 6.42 Å². The molecule has 0 N–H and O–H groups in total. The monoisotopic (exact) mass is 622 g/mol. The van der Waals surface area contributed by atoms with Crippen molar-refractivity contribution in [1.29, 1.82) is 0 Å². The van der Waals surface area contributed by atoms with Gasteiger partial charge in [0.05, 0.1) is 0 Å². The van der Waals surface area contributed by atoms with Crippen molar-refractivity contribution in [2.75, 3.05) is 0 Å². The SMILES string of the molecule is C#Cc1cc(-c2ccc(-c3ccc(-c4ccc(-c5ccc(CCCC)cc5)c(CC)c4)cc3)cc2)ccc1-c1ccc(CCCC)cc1. The van der Waals surface area contributed by atoms with Crippen LogP contribution in [0.3, 0.4) is 0 Å². The number of rotatable bonds is 12. The summed E-state index contributed by atoms with van der Waals surface area (Å²) in [6.45, 7) is 6.73. The molecule has 0 bridgehead atoms. The molecule has 0 aliphatic carbocycles. The van der Waals surface area contributed by atoms with Crippen LogP contribution in [-0.2, 0) is 19.3 Å². The first-order chi connectivity index (χ1) is 23.6. The molecule has 0 aromatic heterocycles. The summed E-state index contributed by atoms with van der Waals surface area (Å²) in [5.41, 5.74) is 17.2. The zero-order valence-corrected chi connectivity index (χ0v) is 28.7. The maximum absolute atomic E-state index is 6.00. The normalized spacial score (nSPS) is 11.0. The van der Waals surface area contributed by atoms with Crippen LogP contribution in [0.2, 0.25) is 0 Å². The molecule has 0 saturated heterocycles. The van der Waals surface area contributed by atoms with E-state index in [2.05, 4.69) is 160 Å². The van der Waals surface area contributed by atoms with Gasteiger partial charge in [-0.2, -0.15) is 0 Å². The lowest BCUT2D eigenvalue weighted by Crippen LogP contribution is -1.91. The Morgan fingerprint density at radius 1 is 0.417 bits per heavy atom. The van der Waals surface area contributed by atoms with Crippen molar-refractivity contribution >= 4 is 0 Å². The van der Waals surface area contributed by atoms with Crippen molar-refractivity contribution < 1.29 is 0 Å². The molecule has 0 amide bonds. The van der Waals surface area contributed by atoms with E-state index in [9.17, 15) is 0 Å². The lowest BCUT2D eigenvalue weighted by atomic mass is 9.92. The highest BCUT2D eigenvalue weighted by Gasteiger charge is 2.10. The maximum atomic E-state index is 6.00. The Labute approximate surface area is 288 Å². The minimum absolute atomic E-state index is 0.924. The van der Waals surface area contributed by atoms with E-state index in [1.165, 1.54) is 81.3 Å². The highest BCUT2D eigenvalue weighted by atomic mass is 14.1. The molecule has 0 radical (unpaired) electrons. The Bertz CT molecular complexity index is 1980. The summed E-state index contributed by atoms with van der Waals surface area (Å²) in [7, 11) is 0. The number of hydrogen-bond acceptors (Lipinski definition) is 0. The summed E-state index contributed by atoms with van der Waals surface area (Å²) in [5, 5.41) is 0. The molecule has 6 aromatic rings.